The summed E-state index contributed by atoms with van der Waals surface area (Å²) in [6.07, 6.45) is 1.03. The van der Waals surface area contributed by atoms with Crippen LogP contribution in [0.4, 0.5) is 0 Å². The van der Waals surface area contributed by atoms with Gasteiger partial charge in [0.1, 0.15) is 0 Å². The minimum Gasteiger partial charge on any atom is -0.374 e. The summed E-state index contributed by atoms with van der Waals surface area (Å²) in [7, 11) is 4.09. The van der Waals surface area contributed by atoms with Gasteiger partial charge in [-0.3, -0.25) is 4.68 Å². The molecule has 0 radical (unpaired) electrons. The minimum absolute atomic E-state index is 0.194. The van der Waals surface area contributed by atoms with E-state index in [1.807, 2.05) is 18.7 Å². The van der Waals surface area contributed by atoms with Gasteiger partial charge in [0.15, 0.2) is 0 Å². The van der Waals surface area contributed by atoms with Crippen LogP contribution in [0, 0.1) is 6.92 Å². The molecule has 1 fully saturated rings. The van der Waals surface area contributed by atoms with E-state index >= 15 is 0 Å². The first kappa shape index (κ1) is 15.8. The van der Waals surface area contributed by atoms with Crippen molar-refractivity contribution in [3.8, 4) is 0 Å². The number of halogens is 1. The molecule has 5 nitrogen and oxygen atoms in total. The zero-order valence-electron chi connectivity index (χ0n) is 12.8. The van der Waals surface area contributed by atoms with Crippen molar-refractivity contribution >= 4 is 11.6 Å². The predicted molar refractivity (Wildman–Crippen MR) is 81.4 cm³/mol. The van der Waals surface area contributed by atoms with Crippen LogP contribution in [0.1, 0.15) is 18.3 Å². The van der Waals surface area contributed by atoms with Crippen molar-refractivity contribution in [2.75, 3.05) is 33.3 Å². The molecule has 0 bridgehead atoms. The van der Waals surface area contributed by atoms with E-state index < -0.39 is 0 Å². The Morgan fingerprint density at radius 2 is 2.25 bits per heavy atom. The molecule has 0 amide bonds. The molecule has 0 aliphatic carbocycles. The number of aromatic nitrogens is 2. The molecule has 114 valence electrons. The molecule has 1 aromatic rings. The lowest BCUT2D eigenvalue weighted by molar-refractivity contribution is -0.0384. The van der Waals surface area contributed by atoms with Crippen LogP contribution in [0.5, 0.6) is 0 Å². The van der Waals surface area contributed by atoms with Gasteiger partial charge < -0.3 is 15.0 Å². The van der Waals surface area contributed by atoms with Crippen molar-refractivity contribution in [2.24, 2.45) is 7.05 Å². The lowest BCUT2D eigenvalue weighted by atomic mass is 10.0. The number of hydrogen-bond donors (Lipinski definition) is 1. The average molecular weight is 301 g/mol. The Bertz CT molecular complexity index is 449. The van der Waals surface area contributed by atoms with Gasteiger partial charge in [-0.2, -0.15) is 5.10 Å². The summed E-state index contributed by atoms with van der Waals surface area (Å²) in [5.41, 5.74) is 1.97. The Kier molecular flexibility index (Phi) is 5.43. The van der Waals surface area contributed by atoms with Crippen molar-refractivity contribution in [1.82, 2.24) is 20.0 Å². The topological polar surface area (TPSA) is 42.3 Å². The molecule has 0 spiro atoms. The van der Waals surface area contributed by atoms with Gasteiger partial charge in [-0.25, -0.2) is 0 Å². The molecular weight excluding hydrogens is 276 g/mol. The summed E-state index contributed by atoms with van der Waals surface area (Å²) in [5.74, 6) is 0. The molecule has 1 aromatic heterocycles. The van der Waals surface area contributed by atoms with Crippen LogP contribution in [-0.2, 0) is 18.2 Å². The largest absolute Gasteiger partial charge is 0.374 e. The van der Waals surface area contributed by atoms with Gasteiger partial charge in [-0.1, -0.05) is 18.5 Å². The normalized spacial score (nSPS) is 22.1. The van der Waals surface area contributed by atoms with Crippen LogP contribution in [0.2, 0.25) is 5.02 Å². The SMILES string of the molecule is CCNC(Cc1c(Cl)c(C)nn1C)C1CN(C)CCO1. The summed E-state index contributed by atoms with van der Waals surface area (Å²) in [6.45, 7) is 7.73. The lowest BCUT2D eigenvalue weighted by Gasteiger charge is -2.35. The Morgan fingerprint density at radius 3 is 2.80 bits per heavy atom. The maximum Gasteiger partial charge on any atom is 0.0858 e. The Labute approximate surface area is 126 Å². The molecule has 2 heterocycles. The number of aryl methyl sites for hydroxylation is 2. The molecule has 2 rings (SSSR count). The lowest BCUT2D eigenvalue weighted by Crippen LogP contribution is -2.52. The van der Waals surface area contributed by atoms with Crippen molar-refractivity contribution in [1.29, 1.82) is 0 Å². The maximum atomic E-state index is 6.36. The highest BCUT2D eigenvalue weighted by molar-refractivity contribution is 6.31. The molecule has 0 aromatic carbocycles. The predicted octanol–water partition coefficient (Wildman–Crippen LogP) is 1.23. The highest BCUT2D eigenvalue weighted by Crippen LogP contribution is 2.22. The van der Waals surface area contributed by atoms with Crippen LogP contribution in [0.25, 0.3) is 0 Å². The Balaban J connectivity index is 2.12. The van der Waals surface area contributed by atoms with Gasteiger partial charge in [0, 0.05) is 32.6 Å². The zero-order valence-corrected chi connectivity index (χ0v) is 13.6. The van der Waals surface area contributed by atoms with E-state index in [-0.39, 0.29) is 12.1 Å². The van der Waals surface area contributed by atoms with Crippen LogP contribution in [-0.4, -0.2) is 60.1 Å². The average Bonchev–Trinajstić information content (AvgIpc) is 2.64. The summed E-state index contributed by atoms with van der Waals surface area (Å²) in [6, 6.07) is 0.259. The van der Waals surface area contributed by atoms with Gasteiger partial charge in [0.25, 0.3) is 0 Å². The van der Waals surface area contributed by atoms with Gasteiger partial charge >= 0.3 is 0 Å². The third-order valence-electron chi connectivity index (χ3n) is 3.89. The number of morpholine rings is 1. The molecule has 2 unspecified atom stereocenters. The first-order chi connectivity index (χ1) is 9.52. The number of nitrogens with one attached hydrogen (secondary N) is 1. The zero-order chi connectivity index (χ0) is 14.7. The van der Waals surface area contributed by atoms with Crippen LogP contribution in [0.3, 0.4) is 0 Å². The number of nitrogens with zero attached hydrogens (tertiary/aromatic N) is 3. The third kappa shape index (κ3) is 3.52. The van der Waals surface area contributed by atoms with Gasteiger partial charge in [-0.15, -0.1) is 0 Å². The van der Waals surface area contributed by atoms with Crippen LogP contribution < -0.4 is 5.32 Å². The van der Waals surface area contributed by atoms with Crippen molar-refractivity contribution in [3.63, 3.8) is 0 Å². The van der Waals surface area contributed by atoms with E-state index in [2.05, 4.69) is 29.3 Å². The van der Waals surface area contributed by atoms with E-state index in [4.69, 9.17) is 16.3 Å². The first-order valence-electron chi connectivity index (χ1n) is 7.24. The maximum absolute atomic E-state index is 6.36. The molecule has 6 heteroatoms. The second-order valence-corrected chi connectivity index (χ2v) is 5.89. The van der Waals surface area contributed by atoms with E-state index in [1.165, 1.54) is 0 Å². The molecule has 2 atom stereocenters. The number of ether oxygens (including phenoxy) is 1. The van der Waals surface area contributed by atoms with E-state index in [9.17, 15) is 0 Å². The van der Waals surface area contributed by atoms with Gasteiger partial charge in [0.05, 0.1) is 29.1 Å². The summed E-state index contributed by atoms with van der Waals surface area (Å²) in [4.78, 5) is 2.31. The van der Waals surface area contributed by atoms with Crippen molar-refractivity contribution in [3.05, 3.63) is 16.4 Å². The molecule has 1 saturated heterocycles. The fourth-order valence-corrected chi connectivity index (χ4v) is 3.00. The van der Waals surface area contributed by atoms with Crippen LogP contribution in [0.15, 0.2) is 0 Å². The van der Waals surface area contributed by atoms with Crippen molar-refractivity contribution in [2.45, 2.75) is 32.4 Å². The standard InChI is InChI=1S/C14H25ClN4O/c1-5-16-11(13-9-18(3)6-7-20-13)8-12-14(15)10(2)17-19(12)4/h11,13,16H,5-9H2,1-4H3. The Hall–Kier alpha value is -0.620. The third-order valence-corrected chi connectivity index (χ3v) is 4.38. The fourth-order valence-electron chi connectivity index (χ4n) is 2.76. The highest BCUT2D eigenvalue weighted by Gasteiger charge is 2.28. The second kappa shape index (κ2) is 6.89. The molecule has 20 heavy (non-hydrogen) atoms. The van der Waals surface area contributed by atoms with Gasteiger partial charge in [0.2, 0.25) is 0 Å². The van der Waals surface area contributed by atoms with E-state index in [0.29, 0.717) is 0 Å². The summed E-state index contributed by atoms with van der Waals surface area (Å²) in [5, 5.41) is 8.70. The molecule has 1 aliphatic rings. The fraction of sp³-hybridized carbons (Fsp3) is 0.786. The van der Waals surface area contributed by atoms with E-state index in [1.54, 1.807) is 0 Å². The van der Waals surface area contributed by atoms with Gasteiger partial charge in [-0.05, 0) is 20.5 Å². The minimum atomic E-state index is 0.194. The first-order valence-corrected chi connectivity index (χ1v) is 7.62. The van der Waals surface area contributed by atoms with Crippen molar-refractivity contribution < 1.29 is 4.74 Å². The monoisotopic (exact) mass is 300 g/mol. The molecular formula is C14H25ClN4O. The molecule has 0 saturated carbocycles. The Morgan fingerprint density at radius 1 is 1.50 bits per heavy atom. The van der Waals surface area contributed by atoms with E-state index in [0.717, 1.165) is 49.1 Å². The molecule has 1 aliphatic heterocycles. The quantitative estimate of drug-likeness (QED) is 0.888. The number of rotatable bonds is 5. The number of hydrogen-bond acceptors (Lipinski definition) is 4. The smallest absolute Gasteiger partial charge is 0.0858 e. The number of likely N-dealkylation sites (N-methyl/N-ethyl adjacent to an activating group) is 2. The summed E-state index contributed by atoms with van der Waals surface area (Å²) < 4.78 is 7.83. The summed E-state index contributed by atoms with van der Waals surface area (Å²) >= 11 is 6.36. The van der Waals surface area contributed by atoms with Crippen LogP contribution >= 0.6 is 11.6 Å². The second-order valence-electron chi connectivity index (χ2n) is 5.51. The molecule has 1 N–H and O–H groups in total. The highest BCUT2D eigenvalue weighted by atomic mass is 35.5.